The van der Waals surface area contributed by atoms with Crippen molar-refractivity contribution in [1.29, 1.82) is 0 Å². The van der Waals surface area contributed by atoms with Gasteiger partial charge in [-0.1, -0.05) is 18.2 Å². The van der Waals surface area contributed by atoms with Crippen LogP contribution >= 0.6 is 0 Å². The summed E-state index contributed by atoms with van der Waals surface area (Å²) in [6, 6.07) is 8.28. The van der Waals surface area contributed by atoms with Crippen LogP contribution in [-0.2, 0) is 25.9 Å². The average Bonchev–Trinajstić information content (AvgIpc) is 2.75. The van der Waals surface area contributed by atoms with Crippen molar-refractivity contribution < 1.29 is 17.9 Å². The number of aryl methyl sites for hydroxylation is 1. The number of ether oxygens (including phenoxy) is 1. The summed E-state index contributed by atoms with van der Waals surface area (Å²) in [5.74, 6) is -0.385. The Morgan fingerprint density at radius 2 is 1.82 bits per heavy atom. The molecule has 118 valence electrons. The third-order valence-electron chi connectivity index (χ3n) is 3.39. The summed E-state index contributed by atoms with van der Waals surface area (Å²) >= 11 is 0. The van der Waals surface area contributed by atoms with E-state index in [1.54, 1.807) is 61.9 Å². The molecular formula is C16H19NO4S. The van der Waals surface area contributed by atoms with Crippen LogP contribution in [0.25, 0.3) is 0 Å². The molecule has 0 spiro atoms. The summed E-state index contributed by atoms with van der Waals surface area (Å²) in [4.78, 5) is 12.1. The molecule has 0 aliphatic rings. The zero-order valence-corrected chi connectivity index (χ0v) is 13.7. The lowest BCUT2D eigenvalue weighted by Gasteiger charge is -2.08. The quantitative estimate of drug-likeness (QED) is 0.794. The van der Waals surface area contributed by atoms with E-state index in [4.69, 9.17) is 4.74 Å². The molecule has 0 aliphatic heterocycles. The zero-order chi connectivity index (χ0) is 16.3. The highest BCUT2D eigenvalue weighted by molar-refractivity contribution is 7.91. The van der Waals surface area contributed by atoms with Crippen molar-refractivity contribution in [1.82, 2.24) is 4.57 Å². The van der Waals surface area contributed by atoms with Crippen molar-refractivity contribution >= 4 is 15.8 Å². The molecule has 2 aromatic rings. The van der Waals surface area contributed by atoms with Gasteiger partial charge in [0.15, 0.2) is 0 Å². The molecule has 1 heterocycles. The summed E-state index contributed by atoms with van der Waals surface area (Å²) in [6.45, 7) is 5.46. The van der Waals surface area contributed by atoms with Crippen LogP contribution in [-0.4, -0.2) is 25.6 Å². The normalized spacial score (nSPS) is 11.4. The molecule has 2 rings (SSSR count). The van der Waals surface area contributed by atoms with Crippen molar-refractivity contribution in [2.24, 2.45) is 0 Å². The number of hydrogen-bond acceptors (Lipinski definition) is 4. The second kappa shape index (κ2) is 6.36. The van der Waals surface area contributed by atoms with Crippen LogP contribution < -0.4 is 0 Å². The van der Waals surface area contributed by atoms with Gasteiger partial charge in [-0.25, -0.2) is 8.42 Å². The van der Waals surface area contributed by atoms with Crippen LogP contribution in [0.15, 0.2) is 46.3 Å². The van der Waals surface area contributed by atoms with E-state index in [1.165, 1.54) is 0 Å². The minimum Gasteiger partial charge on any atom is -0.465 e. The molecule has 5 nitrogen and oxygen atoms in total. The van der Waals surface area contributed by atoms with E-state index >= 15 is 0 Å². The highest BCUT2D eigenvalue weighted by Crippen LogP contribution is 2.28. The fraction of sp³-hybridized carbons (Fsp3) is 0.312. The Balaban J connectivity index is 2.45. The Bertz CT molecular complexity index is 776. The SMILES string of the molecule is CCOC(=O)Cn1cc(C)c(S(=O)(=O)c2ccccc2)c1C. The third-order valence-corrected chi connectivity index (χ3v) is 5.44. The minimum absolute atomic E-state index is 0.00478. The molecule has 0 saturated heterocycles. The van der Waals surface area contributed by atoms with E-state index in [9.17, 15) is 13.2 Å². The van der Waals surface area contributed by atoms with Gasteiger partial charge >= 0.3 is 5.97 Å². The lowest BCUT2D eigenvalue weighted by molar-refractivity contribution is -0.143. The van der Waals surface area contributed by atoms with E-state index in [0.29, 0.717) is 17.9 Å². The fourth-order valence-electron chi connectivity index (χ4n) is 2.44. The average molecular weight is 321 g/mol. The first-order valence-corrected chi connectivity index (χ1v) is 8.48. The number of sulfone groups is 1. The summed E-state index contributed by atoms with van der Waals surface area (Å²) < 4.78 is 32.1. The molecule has 0 N–H and O–H groups in total. The molecule has 0 bridgehead atoms. The van der Waals surface area contributed by atoms with Gasteiger partial charge in [0.25, 0.3) is 0 Å². The second-order valence-electron chi connectivity index (χ2n) is 4.98. The third kappa shape index (κ3) is 3.06. The smallest absolute Gasteiger partial charge is 0.325 e. The molecule has 22 heavy (non-hydrogen) atoms. The predicted molar refractivity (Wildman–Crippen MR) is 82.4 cm³/mol. The molecule has 0 unspecified atom stereocenters. The molecular weight excluding hydrogens is 302 g/mol. The minimum atomic E-state index is -3.60. The van der Waals surface area contributed by atoms with Gasteiger partial charge in [-0.2, -0.15) is 0 Å². The van der Waals surface area contributed by atoms with E-state index in [0.717, 1.165) is 0 Å². The lowest BCUT2D eigenvalue weighted by atomic mass is 10.3. The first kappa shape index (κ1) is 16.3. The molecule has 6 heteroatoms. The highest BCUT2D eigenvalue weighted by atomic mass is 32.2. The van der Waals surface area contributed by atoms with Crippen molar-refractivity contribution in [2.45, 2.75) is 37.1 Å². The monoisotopic (exact) mass is 321 g/mol. The van der Waals surface area contributed by atoms with Crippen LogP contribution in [0, 0.1) is 13.8 Å². The van der Waals surface area contributed by atoms with Gasteiger partial charge in [0.05, 0.1) is 16.4 Å². The van der Waals surface area contributed by atoms with Crippen LogP contribution in [0.3, 0.4) is 0 Å². The lowest BCUT2D eigenvalue weighted by Crippen LogP contribution is -2.14. The maximum Gasteiger partial charge on any atom is 0.325 e. The number of carbonyl (C=O) groups excluding carboxylic acids is 1. The molecule has 1 aromatic carbocycles. The van der Waals surface area contributed by atoms with Crippen LogP contribution in [0.2, 0.25) is 0 Å². The summed E-state index contributed by atoms with van der Waals surface area (Å²) in [5.41, 5.74) is 1.15. The Morgan fingerprint density at radius 1 is 1.18 bits per heavy atom. The van der Waals surface area contributed by atoms with Crippen LogP contribution in [0.4, 0.5) is 0 Å². The molecule has 0 aliphatic carbocycles. The zero-order valence-electron chi connectivity index (χ0n) is 12.9. The Labute approximate surface area is 130 Å². The number of benzene rings is 1. The molecule has 1 aromatic heterocycles. The largest absolute Gasteiger partial charge is 0.465 e. The van der Waals surface area contributed by atoms with Gasteiger partial charge in [0.1, 0.15) is 6.54 Å². The Morgan fingerprint density at radius 3 is 2.41 bits per heavy atom. The predicted octanol–water partition coefficient (Wildman–Crippen LogP) is 2.50. The van der Waals surface area contributed by atoms with Gasteiger partial charge in [-0.05, 0) is 38.5 Å². The summed E-state index contributed by atoms with van der Waals surface area (Å²) in [5, 5.41) is 0. The second-order valence-corrected chi connectivity index (χ2v) is 6.86. The number of carbonyl (C=O) groups is 1. The standard InChI is InChI=1S/C16H19NO4S/c1-4-21-15(18)11-17-10-12(2)16(13(17)3)22(19,20)14-8-6-5-7-9-14/h5-10H,4,11H2,1-3H3. The number of nitrogens with zero attached hydrogens (tertiary/aromatic N) is 1. The number of rotatable bonds is 5. The van der Waals surface area contributed by atoms with Gasteiger partial charge < -0.3 is 9.30 Å². The Kier molecular flexibility index (Phi) is 4.71. The van der Waals surface area contributed by atoms with Gasteiger partial charge in [-0.3, -0.25) is 4.79 Å². The molecule has 0 fully saturated rings. The van der Waals surface area contributed by atoms with Crippen molar-refractivity contribution in [2.75, 3.05) is 6.61 Å². The van der Waals surface area contributed by atoms with Crippen molar-refractivity contribution in [3.63, 3.8) is 0 Å². The van der Waals surface area contributed by atoms with E-state index < -0.39 is 9.84 Å². The highest BCUT2D eigenvalue weighted by Gasteiger charge is 2.25. The first-order valence-electron chi connectivity index (χ1n) is 7.00. The summed E-state index contributed by atoms with van der Waals surface area (Å²) in [6.07, 6.45) is 1.67. The van der Waals surface area contributed by atoms with E-state index in [1.807, 2.05) is 0 Å². The van der Waals surface area contributed by atoms with Crippen LogP contribution in [0.1, 0.15) is 18.2 Å². The van der Waals surface area contributed by atoms with E-state index in [2.05, 4.69) is 0 Å². The summed E-state index contributed by atoms with van der Waals surface area (Å²) in [7, 11) is -3.60. The number of esters is 1. The molecule has 0 radical (unpaired) electrons. The molecule has 0 amide bonds. The Hall–Kier alpha value is -2.08. The molecule has 0 saturated carbocycles. The first-order chi connectivity index (χ1) is 10.4. The van der Waals surface area contributed by atoms with E-state index in [-0.39, 0.29) is 22.3 Å². The fourth-order valence-corrected chi connectivity index (χ4v) is 4.17. The van der Waals surface area contributed by atoms with Gasteiger partial charge in [0.2, 0.25) is 9.84 Å². The van der Waals surface area contributed by atoms with Gasteiger partial charge in [0, 0.05) is 11.9 Å². The number of aromatic nitrogens is 1. The van der Waals surface area contributed by atoms with Crippen molar-refractivity contribution in [3.8, 4) is 0 Å². The number of hydrogen-bond donors (Lipinski definition) is 0. The van der Waals surface area contributed by atoms with Crippen molar-refractivity contribution in [3.05, 3.63) is 47.8 Å². The van der Waals surface area contributed by atoms with Crippen LogP contribution in [0.5, 0.6) is 0 Å². The topological polar surface area (TPSA) is 65.4 Å². The maximum absolute atomic E-state index is 12.8. The molecule has 0 atom stereocenters. The maximum atomic E-state index is 12.8. The van der Waals surface area contributed by atoms with Gasteiger partial charge in [-0.15, -0.1) is 0 Å².